The van der Waals surface area contributed by atoms with Crippen molar-refractivity contribution in [2.24, 2.45) is 0 Å². The van der Waals surface area contributed by atoms with E-state index in [9.17, 15) is 9.59 Å². The Labute approximate surface area is 120 Å². The van der Waals surface area contributed by atoms with E-state index >= 15 is 0 Å². The number of carbonyl (C=O) groups excluding carboxylic acids is 1. The quantitative estimate of drug-likeness (QED) is 0.693. The summed E-state index contributed by atoms with van der Waals surface area (Å²) in [5.74, 6) is -1.84. The van der Waals surface area contributed by atoms with Gasteiger partial charge in [-0.1, -0.05) is 29.8 Å². The average molecular weight is 291 g/mol. The molecule has 0 bridgehead atoms. The minimum atomic E-state index is -1.21. The van der Waals surface area contributed by atoms with Crippen molar-refractivity contribution >= 4 is 23.5 Å². The van der Waals surface area contributed by atoms with Crippen LogP contribution in [-0.4, -0.2) is 17.0 Å². The maximum atomic E-state index is 12.0. The fraction of sp³-hybridized carbons (Fsp3) is 0.0667. The molecule has 0 unspecified atom stereocenters. The highest BCUT2D eigenvalue weighted by atomic mass is 35.5. The van der Waals surface area contributed by atoms with E-state index in [4.69, 9.17) is 21.4 Å². The highest BCUT2D eigenvalue weighted by molar-refractivity contribution is 6.31. The highest BCUT2D eigenvalue weighted by Gasteiger charge is 2.17. The summed E-state index contributed by atoms with van der Waals surface area (Å²) < 4.78 is 5.15. The Morgan fingerprint density at radius 2 is 1.80 bits per heavy atom. The fourth-order valence-electron chi connectivity index (χ4n) is 1.72. The number of rotatable bonds is 3. The largest absolute Gasteiger partial charge is 0.478 e. The molecule has 4 nitrogen and oxygen atoms in total. The fourth-order valence-corrected chi connectivity index (χ4v) is 1.89. The summed E-state index contributed by atoms with van der Waals surface area (Å²) in [6, 6.07) is 11.0. The van der Waals surface area contributed by atoms with E-state index in [-0.39, 0.29) is 16.3 Å². The second kappa shape index (κ2) is 5.75. The smallest absolute Gasteiger partial charge is 0.343 e. The molecule has 0 atom stereocenters. The van der Waals surface area contributed by atoms with E-state index in [1.54, 1.807) is 31.2 Å². The van der Waals surface area contributed by atoms with Gasteiger partial charge in [-0.2, -0.15) is 0 Å². The van der Waals surface area contributed by atoms with Crippen LogP contribution in [0.15, 0.2) is 42.5 Å². The van der Waals surface area contributed by atoms with Crippen LogP contribution in [0.3, 0.4) is 0 Å². The summed E-state index contributed by atoms with van der Waals surface area (Å²) in [5, 5.41) is 9.34. The van der Waals surface area contributed by atoms with Gasteiger partial charge in [0.15, 0.2) is 0 Å². The Hall–Kier alpha value is -2.33. The Morgan fingerprint density at radius 3 is 2.45 bits per heavy atom. The molecule has 0 saturated carbocycles. The molecule has 0 fully saturated rings. The van der Waals surface area contributed by atoms with Crippen LogP contribution in [0.2, 0.25) is 5.02 Å². The number of halogens is 1. The van der Waals surface area contributed by atoms with E-state index in [1.165, 1.54) is 18.2 Å². The summed E-state index contributed by atoms with van der Waals surface area (Å²) in [6.07, 6.45) is 0. The van der Waals surface area contributed by atoms with Crippen molar-refractivity contribution in [3.8, 4) is 5.75 Å². The van der Waals surface area contributed by atoms with Gasteiger partial charge >= 0.3 is 11.9 Å². The van der Waals surface area contributed by atoms with Crippen molar-refractivity contribution in [3.63, 3.8) is 0 Å². The molecule has 2 rings (SSSR count). The number of benzene rings is 2. The standard InChI is InChI=1S/C15H11ClO4/c1-9-4-2-3-5-11(9)15(19)20-13-7-6-10(16)8-12(13)14(17)18/h2-8H,1H3,(H,17,18). The third-order valence-corrected chi connectivity index (χ3v) is 2.97. The summed E-state index contributed by atoms with van der Waals surface area (Å²) in [5.41, 5.74) is 0.988. The van der Waals surface area contributed by atoms with Crippen molar-refractivity contribution in [2.75, 3.05) is 0 Å². The first-order valence-electron chi connectivity index (χ1n) is 5.79. The molecule has 1 N–H and O–H groups in total. The minimum absolute atomic E-state index is 0.0323. The molecule has 0 aromatic heterocycles. The van der Waals surface area contributed by atoms with E-state index in [0.29, 0.717) is 5.56 Å². The number of esters is 1. The predicted molar refractivity (Wildman–Crippen MR) is 74.5 cm³/mol. The van der Waals surface area contributed by atoms with Gasteiger partial charge in [0.2, 0.25) is 0 Å². The van der Waals surface area contributed by atoms with Gasteiger partial charge < -0.3 is 9.84 Å². The van der Waals surface area contributed by atoms with Crippen LogP contribution in [0, 0.1) is 6.92 Å². The number of carboxylic acid groups (broad SMARTS) is 1. The van der Waals surface area contributed by atoms with Gasteiger partial charge in [-0.25, -0.2) is 9.59 Å². The topological polar surface area (TPSA) is 63.6 Å². The lowest BCUT2D eigenvalue weighted by molar-refractivity contribution is 0.0681. The first kappa shape index (κ1) is 14.1. The zero-order chi connectivity index (χ0) is 14.7. The lowest BCUT2D eigenvalue weighted by Gasteiger charge is -2.09. The van der Waals surface area contributed by atoms with Crippen molar-refractivity contribution in [1.82, 2.24) is 0 Å². The molecular weight excluding hydrogens is 280 g/mol. The number of hydrogen-bond donors (Lipinski definition) is 1. The molecule has 0 radical (unpaired) electrons. The molecule has 20 heavy (non-hydrogen) atoms. The number of carbonyl (C=O) groups is 2. The molecule has 102 valence electrons. The van der Waals surface area contributed by atoms with Gasteiger partial charge in [-0.3, -0.25) is 0 Å². The Balaban J connectivity index is 2.33. The van der Waals surface area contributed by atoms with Crippen LogP contribution in [-0.2, 0) is 0 Å². The molecular formula is C15H11ClO4. The van der Waals surface area contributed by atoms with Crippen LogP contribution >= 0.6 is 11.6 Å². The highest BCUT2D eigenvalue weighted by Crippen LogP contribution is 2.24. The van der Waals surface area contributed by atoms with Gasteiger partial charge in [0.05, 0.1) is 5.56 Å². The molecule has 0 saturated heterocycles. The number of aryl methyl sites for hydroxylation is 1. The maximum Gasteiger partial charge on any atom is 0.343 e. The van der Waals surface area contributed by atoms with Crippen LogP contribution < -0.4 is 4.74 Å². The summed E-state index contributed by atoms with van der Waals surface area (Å²) in [7, 11) is 0. The van der Waals surface area contributed by atoms with Gasteiger partial charge in [-0.05, 0) is 36.8 Å². The first-order valence-corrected chi connectivity index (χ1v) is 6.17. The lowest BCUT2D eigenvalue weighted by atomic mass is 10.1. The molecule has 2 aromatic rings. The predicted octanol–water partition coefficient (Wildman–Crippen LogP) is 3.57. The SMILES string of the molecule is Cc1ccccc1C(=O)Oc1ccc(Cl)cc1C(=O)O. The van der Waals surface area contributed by atoms with E-state index < -0.39 is 11.9 Å². The van der Waals surface area contributed by atoms with Crippen LogP contribution in [0.1, 0.15) is 26.3 Å². The Morgan fingerprint density at radius 1 is 1.10 bits per heavy atom. The van der Waals surface area contributed by atoms with Gasteiger partial charge in [-0.15, -0.1) is 0 Å². The molecule has 0 aliphatic carbocycles. The average Bonchev–Trinajstić information content (AvgIpc) is 2.41. The van der Waals surface area contributed by atoms with Crippen LogP contribution in [0.5, 0.6) is 5.75 Å². The van der Waals surface area contributed by atoms with E-state index in [1.807, 2.05) is 0 Å². The van der Waals surface area contributed by atoms with Crippen LogP contribution in [0.4, 0.5) is 0 Å². The van der Waals surface area contributed by atoms with Crippen molar-refractivity contribution < 1.29 is 19.4 Å². The number of aromatic carboxylic acids is 1. The van der Waals surface area contributed by atoms with Crippen molar-refractivity contribution in [2.45, 2.75) is 6.92 Å². The van der Waals surface area contributed by atoms with E-state index in [0.717, 1.165) is 5.56 Å². The summed E-state index contributed by atoms with van der Waals surface area (Å²) in [6.45, 7) is 1.77. The Bertz CT molecular complexity index is 679. The number of carboxylic acids is 1. The lowest BCUT2D eigenvalue weighted by Crippen LogP contribution is -2.12. The summed E-state index contributed by atoms with van der Waals surface area (Å²) >= 11 is 5.74. The molecule has 0 aliphatic rings. The second-order valence-electron chi connectivity index (χ2n) is 4.15. The second-order valence-corrected chi connectivity index (χ2v) is 4.59. The zero-order valence-corrected chi connectivity index (χ0v) is 11.3. The molecule has 0 spiro atoms. The van der Waals surface area contributed by atoms with Gasteiger partial charge in [0.25, 0.3) is 0 Å². The van der Waals surface area contributed by atoms with Crippen LogP contribution in [0.25, 0.3) is 0 Å². The molecule has 0 aliphatic heterocycles. The zero-order valence-electron chi connectivity index (χ0n) is 10.6. The van der Waals surface area contributed by atoms with Gasteiger partial charge in [0.1, 0.15) is 11.3 Å². The van der Waals surface area contributed by atoms with E-state index in [2.05, 4.69) is 0 Å². The summed E-state index contributed by atoms with van der Waals surface area (Å²) in [4.78, 5) is 23.2. The number of hydrogen-bond acceptors (Lipinski definition) is 3. The third kappa shape index (κ3) is 2.97. The normalized spacial score (nSPS) is 10.1. The molecule has 0 amide bonds. The third-order valence-electron chi connectivity index (χ3n) is 2.74. The first-order chi connectivity index (χ1) is 9.49. The van der Waals surface area contributed by atoms with Gasteiger partial charge in [0, 0.05) is 5.02 Å². The monoisotopic (exact) mass is 290 g/mol. The van der Waals surface area contributed by atoms with Crippen molar-refractivity contribution in [3.05, 3.63) is 64.2 Å². The number of ether oxygens (including phenoxy) is 1. The molecule has 5 heteroatoms. The Kier molecular flexibility index (Phi) is 4.05. The molecule has 2 aromatic carbocycles. The minimum Gasteiger partial charge on any atom is -0.478 e. The molecule has 0 heterocycles. The maximum absolute atomic E-state index is 12.0. The van der Waals surface area contributed by atoms with Crippen molar-refractivity contribution in [1.29, 1.82) is 0 Å².